The van der Waals surface area contributed by atoms with Gasteiger partial charge in [0.2, 0.25) is 0 Å². The first-order valence-electron chi connectivity index (χ1n) is 7.48. The molecule has 0 spiro atoms. The van der Waals surface area contributed by atoms with Crippen LogP contribution in [0.1, 0.15) is 63.7 Å². The molecule has 1 fully saturated rings. The topological polar surface area (TPSA) is 29.5 Å². The fraction of sp³-hybridized carbons (Fsp3) is 0.588. The molecule has 1 aromatic rings. The number of amides is 1. The van der Waals surface area contributed by atoms with Crippen LogP contribution in [0.5, 0.6) is 0 Å². The molecule has 3 rings (SSSR count). The smallest absolute Gasteiger partial charge is 0.411 e. The first-order chi connectivity index (χ1) is 9.38. The van der Waals surface area contributed by atoms with E-state index in [1.54, 1.807) is 0 Å². The summed E-state index contributed by atoms with van der Waals surface area (Å²) < 4.78 is 5.62. The van der Waals surface area contributed by atoms with Crippen LogP contribution in [0.25, 0.3) is 0 Å². The van der Waals surface area contributed by atoms with Crippen molar-refractivity contribution in [2.45, 2.75) is 58.2 Å². The van der Waals surface area contributed by atoms with E-state index >= 15 is 0 Å². The van der Waals surface area contributed by atoms with E-state index in [0.717, 1.165) is 6.42 Å². The summed E-state index contributed by atoms with van der Waals surface area (Å²) in [4.78, 5) is 14.6. The molecule has 0 N–H and O–H groups in total. The number of hydrogen-bond acceptors (Lipinski definition) is 2. The Bertz CT molecular complexity index is 532. The molecule has 2 unspecified atom stereocenters. The first-order valence-corrected chi connectivity index (χ1v) is 7.48. The van der Waals surface area contributed by atoms with Gasteiger partial charge in [-0.1, -0.05) is 31.2 Å². The van der Waals surface area contributed by atoms with E-state index in [1.807, 2.05) is 25.7 Å². The minimum atomic E-state index is -0.441. The van der Waals surface area contributed by atoms with Crippen LogP contribution in [0.4, 0.5) is 4.79 Å². The summed E-state index contributed by atoms with van der Waals surface area (Å²) in [5, 5.41) is 0. The Morgan fingerprint density at radius 1 is 1.20 bits per heavy atom. The van der Waals surface area contributed by atoms with E-state index in [9.17, 15) is 4.79 Å². The van der Waals surface area contributed by atoms with Crippen molar-refractivity contribution < 1.29 is 9.53 Å². The molecule has 0 radical (unpaired) electrons. The third-order valence-corrected chi connectivity index (χ3v) is 4.35. The minimum Gasteiger partial charge on any atom is -0.444 e. The van der Waals surface area contributed by atoms with E-state index < -0.39 is 5.60 Å². The quantitative estimate of drug-likeness (QED) is 0.699. The van der Waals surface area contributed by atoms with E-state index in [2.05, 4.69) is 31.2 Å². The highest BCUT2D eigenvalue weighted by Crippen LogP contribution is 2.53. The van der Waals surface area contributed by atoms with Crippen LogP contribution in [-0.2, 0) is 4.74 Å². The summed E-state index contributed by atoms with van der Waals surface area (Å²) >= 11 is 0. The van der Waals surface area contributed by atoms with Crippen LogP contribution in [-0.4, -0.2) is 16.6 Å². The van der Waals surface area contributed by atoms with Crippen LogP contribution in [0.3, 0.4) is 0 Å². The highest BCUT2D eigenvalue weighted by molar-refractivity contribution is 5.71. The Morgan fingerprint density at radius 2 is 1.85 bits per heavy atom. The summed E-state index contributed by atoms with van der Waals surface area (Å²) in [6, 6.07) is 8.84. The Morgan fingerprint density at radius 3 is 2.50 bits per heavy atom. The second-order valence-corrected chi connectivity index (χ2v) is 7.03. The standard InChI is InChI=1S/C17H23NO2/c1-11-9-10-14-12-7-5-6-8-13(12)15(11)18(14)16(19)20-17(2,3)4/h5-8,11,14-15H,9-10H2,1-4H3/t11-,14?,15?/m0/s1. The van der Waals surface area contributed by atoms with E-state index in [0.29, 0.717) is 5.92 Å². The summed E-state index contributed by atoms with van der Waals surface area (Å²) in [6.45, 7) is 8.01. The average Bonchev–Trinajstić information content (AvgIpc) is 2.62. The maximum Gasteiger partial charge on any atom is 0.411 e. The Balaban J connectivity index is 1.96. The molecule has 0 saturated carbocycles. The van der Waals surface area contributed by atoms with Gasteiger partial charge in [-0.3, -0.25) is 4.90 Å². The van der Waals surface area contributed by atoms with E-state index in [1.165, 1.54) is 17.5 Å². The molecule has 3 atom stereocenters. The zero-order chi connectivity index (χ0) is 14.5. The van der Waals surface area contributed by atoms with E-state index in [-0.39, 0.29) is 18.2 Å². The maximum atomic E-state index is 12.6. The van der Waals surface area contributed by atoms with Crippen LogP contribution in [0.2, 0.25) is 0 Å². The zero-order valence-corrected chi connectivity index (χ0v) is 12.7. The number of piperidine rings is 1. The van der Waals surface area contributed by atoms with Crippen molar-refractivity contribution in [2.75, 3.05) is 0 Å². The van der Waals surface area contributed by atoms with Gasteiger partial charge in [0.1, 0.15) is 5.60 Å². The van der Waals surface area contributed by atoms with Crippen LogP contribution < -0.4 is 0 Å². The van der Waals surface area contributed by atoms with Crippen LogP contribution in [0, 0.1) is 5.92 Å². The molecule has 2 bridgehead atoms. The van der Waals surface area contributed by atoms with Crippen molar-refractivity contribution >= 4 is 6.09 Å². The molecule has 1 saturated heterocycles. The Kier molecular flexibility index (Phi) is 3.03. The molecule has 0 aromatic heterocycles. The molecule has 2 aliphatic heterocycles. The molecule has 0 aliphatic carbocycles. The van der Waals surface area contributed by atoms with Crippen molar-refractivity contribution in [3.63, 3.8) is 0 Å². The number of hydrogen-bond donors (Lipinski definition) is 0. The monoisotopic (exact) mass is 273 g/mol. The number of ether oxygens (including phenoxy) is 1. The van der Waals surface area contributed by atoms with Crippen molar-refractivity contribution in [1.82, 2.24) is 4.90 Å². The molecule has 2 aliphatic rings. The lowest BCUT2D eigenvalue weighted by Gasteiger charge is -2.39. The summed E-state index contributed by atoms with van der Waals surface area (Å²) in [6.07, 6.45) is 2.03. The van der Waals surface area contributed by atoms with Crippen LogP contribution in [0.15, 0.2) is 24.3 Å². The van der Waals surface area contributed by atoms with Gasteiger partial charge in [0, 0.05) is 0 Å². The largest absolute Gasteiger partial charge is 0.444 e. The average molecular weight is 273 g/mol. The van der Waals surface area contributed by atoms with Gasteiger partial charge in [-0.25, -0.2) is 4.79 Å². The van der Waals surface area contributed by atoms with E-state index in [4.69, 9.17) is 4.74 Å². The zero-order valence-electron chi connectivity index (χ0n) is 12.7. The number of nitrogens with zero attached hydrogens (tertiary/aromatic N) is 1. The lowest BCUT2D eigenvalue weighted by Crippen LogP contribution is -2.42. The van der Waals surface area contributed by atoms with Crippen molar-refractivity contribution in [2.24, 2.45) is 5.92 Å². The number of fused-ring (bicyclic) bond motifs is 5. The van der Waals surface area contributed by atoms with Gasteiger partial charge in [-0.05, 0) is 50.7 Å². The maximum absolute atomic E-state index is 12.6. The molecule has 1 amide bonds. The molecular weight excluding hydrogens is 250 g/mol. The fourth-order valence-electron chi connectivity index (χ4n) is 3.59. The number of carbonyl (C=O) groups is 1. The van der Waals surface area contributed by atoms with Gasteiger partial charge < -0.3 is 4.74 Å². The van der Waals surface area contributed by atoms with Crippen molar-refractivity contribution in [1.29, 1.82) is 0 Å². The van der Waals surface area contributed by atoms with Gasteiger partial charge in [0.25, 0.3) is 0 Å². The summed E-state index contributed by atoms with van der Waals surface area (Å²) in [5.41, 5.74) is 2.18. The summed E-state index contributed by atoms with van der Waals surface area (Å²) in [5.74, 6) is 0.488. The SMILES string of the molecule is C[C@H]1CCC2c3ccccc3C1N2C(=O)OC(C)(C)C. The molecule has 3 heteroatoms. The predicted molar refractivity (Wildman–Crippen MR) is 78.4 cm³/mol. The lowest BCUT2D eigenvalue weighted by atomic mass is 9.90. The third-order valence-electron chi connectivity index (χ3n) is 4.35. The normalized spacial score (nSPS) is 28.2. The Labute approximate surface area is 120 Å². The molecular formula is C17H23NO2. The third kappa shape index (κ3) is 2.09. The number of rotatable bonds is 0. The highest BCUT2D eigenvalue weighted by Gasteiger charge is 2.47. The minimum absolute atomic E-state index is 0.171. The van der Waals surface area contributed by atoms with Crippen LogP contribution >= 0.6 is 0 Å². The second kappa shape index (κ2) is 4.51. The Hall–Kier alpha value is -1.51. The molecule has 1 aromatic carbocycles. The highest BCUT2D eigenvalue weighted by atomic mass is 16.6. The molecule has 108 valence electrons. The molecule has 20 heavy (non-hydrogen) atoms. The van der Waals surface area contributed by atoms with Gasteiger partial charge in [0.05, 0.1) is 12.1 Å². The fourth-order valence-corrected chi connectivity index (χ4v) is 3.59. The molecule has 3 nitrogen and oxygen atoms in total. The first kappa shape index (κ1) is 13.5. The number of carbonyl (C=O) groups excluding carboxylic acids is 1. The molecule has 2 heterocycles. The van der Waals surface area contributed by atoms with Crippen molar-refractivity contribution in [3.05, 3.63) is 35.4 Å². The summed E-state index contributed by atoms with van der Waals surface area (Å²) in [7, 11) is 0. The van der Waals surface area contributed by atoms with Gasteiger partial charge in [-0.2, -0.15) is 0 Å². The predicted octanol–water partition coefficient (Wildman–Crippen LogP) is 4.45. The second-order valence-electron chi connectivity index (χ2n) is 7.03. The number of benzene rings is 1. The van der Waals surface area contributed by atoms with Gasteiger partial charge >= 0.3 is 6.09 Å². The van der Waals surface area contributed by atoms with Crippen molar-refractivity contribution in [3.8, 4) is 0 Å². The van der Waals surface area contributed by atoms with Gasteiger partial charge in [-0.15, -0.1) is 0 Å². The van der Waals surface area contributed by atoms with Gasteiger partial charge in [0.15, 0.2) is 0 Å². The lowest BCUT2D eigenvalue weighted by molar-refractivity contribution is -0.00913.